The van der Waals surface area contributed by atoms with Crippen LogP contribution in [0.5, 0.6) is 0 Å². The molecule has 4 nitrogen and oxygen atoms in total. The predicted octanol–water partition coefficient (Wildman–Crippen LogP) is 1.93. The van der Waals surface area contributed by atoms with Gasteiger partial charge in [-0.15, -0.1) is 0 Å². The monoisotopic (exact) mass is 256 g/mol. The van der Waals surface area contributed by atoms with Crippen LogP contribution in [0, 0.1) is 0 Å². The van der Waals surface area contributed by atoms with Gasteiger partial charge in [-0.25, -0.2) is 0 Å². The average Bonchev–Trinajstić information content (AvgIpc) is 2.47. The number of rotatable bonds is 2. The summed E-state index contributed by atoms with van der Waals surface area (Å²) in [5, 5.41) is 1.88. The van der Waals surface area contributed by atoms with E-state index in [-0.39, 0.29) is 5.78 Å². The summed E-state index contributed by atoms with van der Waals surface area (Å²) in [5.41, 5.74) is 6.17. The van der Waals surface area contributed by atoms with Gasteiger partial charge in [-0.1, -0.05) is 18.2 Å². The fourth-order valence-corrected chi connectivity index (χ4v) is 2.55. The van der Waals surface area contributed by atoms with Crippen LogP contribution < -0.4 is 5.73 Å². The summed E-state index contributed by atoms with van der Waals surface area (Å²) in [4.78, 5) is 16.8. The third kappa shape index (κ3) is 2.13. The van der Waals surface area contributed by atoms with Crippen molar-refractivity contribution in [3.05, 3.63) is 42.2 Å². The molecular weight excluding hydrogens is 240 g/mol. The van der Waals surface area contributed by atoms with Crippen LogP contribution >= 0.6 is 0 Å². The van der Waals surface area contributed by atoms with Gasteiger partial charge in [-0.3, -0.25) is 9.78 Å². The molecule has 0 spiro atoms. The Morgan fingerprint density at radius 2 is 2.05 bits per heavy atom. The molecule has 0 saturated carbocycles. The Morgan fingerprint density at radius 1 is 1.26 bits per heavy atom. The number of hydrogen-bond acceptors (Lipinski definition) is 4. The molecule has 2 heterocycles. The first kappa shape index (κ1) is 12.3. The highest BCUT2D eigenvalue weighted by atomic mass is 16.5. The number of fused-ring (bicyclic) bond motifs is 1. The van der Waals surface area contributed by atoms with Crippen LogP contribution in [0.1, 0.15) is 23.2 Å². The van der Waals surface area contributed by atoms with Crippen molar-refractivity contribution < 1.29 is 9.53 Å². The topological polar surface area (TPSA) is 65.2 Å². The van der Waals surface area contributed by atoms with Crippen LogP contribution in [0.25, 0.3) is 10.8 Å². The molecule has 98 valence electrons. The first-order chi connectivity index (χ1) is 9.21. The maximum atomic E-state index is 12.7. The van der Waals surface area contributed by atoms with Crippen LogP contribution in [0.4, 0.5) is 0 Å². The second kappa shape index (κ2) is 4.72. The molecule has 3 rings (SSSR count). The van der Waals surface area contributed by atoms with E-state index in [1.165, 1.54) is 0 Å². The number of carbonyl (C=O) groups is 1. The molecule has 0 atom stereocenters. The Morgan fingerprint density at radius 3 is 2.84 bits per heavy atom. The van der Waals surface area contributed by atoms with E-state index in [9.17, 15) is 4.79 Å². The van der Waals surface area contributed by atoms with E-state index in [0.29, 0.717) is 31.6 Å². The summed E-state index contributed by atoms with van der Waals surface area (Å²) in [7, 11) is 0. The predicted molar refractivity (Wildman–Crippen MR) is 73.0 cm³/mol. The molecule has 2 N–H and O–H groups in total. The molecule has 19 heavy (non-hydrogen) atoms. The van der Waals surface area contributed by atoms with E-state index in [4.69, 9.17) is 10.5 Å². The number of nitrogens with two attached hydrogens (primary N) is 1. The molecule has 1 fully saturated rings. The van der Waals surface area contributed by atoms with Gasteiger partial charge in [0.1, 0.15) is 0 Å². The van der Waals surface area contributed by atoms with Crippen LogP contribution in [0.15, 0.2) is 36.7 Å². The van der Waals surface area contributed by atoms with Gasteiger partial charge in [0.2, 0.25) is 0 Å². The fraction of sp³-hybridized carbons (Fsp3) is 0.333. The van der Waals surface area contributed by atoms with Gasteiger partial charge in [0, 0.05) is 36.6 Å². The Kier molecular flexibility index (Phi) is 3.05. The van der Waals surface area contributed by atoms with Crippen LogP contribution in [-0.2, 0) is 4.74 Å². The number of Topliss-reactive ketones (excluding diaryl/α,β-unsaturated/α-hetero) is 1. The Balaban J connectivity index is 2.06. The second-order valence-corrected chi connectivity index (χ2v) is 5.00. The highest BCUT2D eigenvalue weighted by Gasteiger charge is 2.36. The van der Waals surface area contributed by atoms with Crippen molar-refractivity contribution >= 4 is 16.6 Å². The van der Waals surface area contributed by atoms with Crippen LogP contribution in [0.2, 0.25) is 0 Å². The highest BCUT2D eigenvalue weighted by Crippen LogP contribution is 2.26. The minimum Gasteiger partial charge on any atom is -0.381 e. The second-order valence-electron chi connectivity index (χ2n) is 5.00. The lowest BCUT2D eigenvalue weighted by Crippen LogP contribution is -2.51. The maximum absolute atomic E-state index is 12.7. The van der Waals surface area contributed by atoms with Crippen molar-refractivity contribution in [2.75, 3.05) is 13.2 Å². The van der Waals surface area contributed by atoms with E-state index < -0.39 is 5.54 Å². The summed E-state index contributed by atoms with van der Waals surface area (Å²) in [5.74, 6) is 0.00704. The minimum atomic E-state index is -0.796. The molecule has 0 amide bonds. The van der Waals surface area contributed by atoms with Gasteiger partial charge in [0.25, 0.3) is 0 Å². The standard InChI is InChI=1S/C15H16N2O2/c16-15(5-8-19-9-6-15)14(18)13-3-1-2-11-10-17-7-4-12(11)13/h1-4,7,10H,5-6,8-9,16H2. The zero-order valence-corrected chi connectivity index (χ0v) is 10.6. The number of pyridine rings is 1. The Bertz CT molecular complexity index is 613. The normalized spacial score (nSPS) is 18.4. The zero-order valence-electron chi connectivity index (χ0n) is 10.6. The smallest absolute Gasteiger partial charge is 0.183 e. The van der Waals surface area contributed by atoms with Gasteiger partial charge < -0.3 is 10.5 Å². The van der Waals surface area contributed by atoms with E-state index in [1.807, 2.05) is 24.3 Å². The number of hydrogen-bond donors (Lipinski definition) is 1. The van der Waals surface area contributed by atoms with E-state index in [2.05, 4.69) is 4.98 Å². The van der Waals surface area contributed by atoms with E-state index >= 15 is 0 Å². The van der Waals surface area contributed by atoms with Gasteiger partial charge in [-0.2, -0.15) is 0 Å². The third-order valence-corrected chi connectivity index (χ3v) is 3.76. The molecule has 0 radical (unpaired) electrons. The lowest BCUT2D eigenvalue weighted by molar-refractivity contribution is 0.0449. The summed E-state index contributed by atoms with van der Waals surface area (Å²) in [6.07, 6.45) is 4.62. The molecular formula is C15H16N2O2. The highest BCUT2D eigenvalue weighted by molar-refractivity contribution is 6.12. The molecule has 0 aliphatic carbocycles. The van der Waals surface area contributed by atoms with Crippen molar-refractivity contribution in [1.29, 1.82) is 0 Å². The molecule has 1 aliphatic heterocycles. The zero-order chi connectivity index (χ0) is 13.3. The van der Waals surface area contributed by atoms with Gasteiger partial charge in [0.05, 0.1) is 5.54 Å². The van der Waals surface area contributed by atoms with E-state index in [1.54, 1.807) is 12.4 Å². The fourth-order valence-electron chi connectivity index (χ4n) is 2.55. The summed E-state index contributed by atoms with van der Waals surface area (Å²) in [6, 6.07) is 7.53. The number of ether oxygens (including phenoxy) is 1. The van der Waals surface area contributed by atoms with Crippen LogP contribution in [0.3, 0.4) is 0 Å². The largest absolute Gasteiger partial charge is 0.381 e. The van der Waals surface area contributed by atoms with Crippen molar-refractivity contribution in [2.45, 2.75) is 18.4 Å². The van der Waals surface area contributed by atoms with E-state index in [0.717, 1.165) is 10.8 Å². The van der Waals surface area contributed by atoms with Crippen molar-refractivity contribution in [3.8, 4) is 0 Å². The number of benzene rings is 1. The number of ketones is 1. The number of aromatic nitrogens is 1. The lowest BCUT2D eigenvalue weighted by Gasteiger charge is -2.32. The van der Waals surface area contributed by atoms with Crippen LogP contribution in [-0.4, -0.2) is 29.5 Å². The third-order valence-electron chi connectivity index (χ3n) is 3.76. The summed E-state index contributed by atoms with van der Waals surface area (Å²) in [6.45, 7) is 1.10. The van der Waals surface area contributed by atoms with Gasteiger partial charge in [-0.05, 0) is 24.3 Å². The maximum Gasteiger partial charge on any atom is 0.183 e. The molecule has 0 unspecified atom stereocenters. The number of nitrogens with zero attached hydrogens (tertiary/aromatic N) is 1. The SMILES string of the molecule is NC1(C(=O)c2cccc3cnccc23)CCOCC1. The van der Waals surface area contributed by atoms with Crippen molar-refractivity contribution in [3.63, 3.8) is 0 Å². The van der Waals surface area contributed by atoms with Crippen molar-refractivity contribution in [2.24, 2.45) is 5.73 Å². The molecule has 4 heteroatoms. The molecule has 2 aromatic rings. The molecule has 1 saturated heterocycles. The molecule has 0 bridgehead atoms. The first-order valence-corrected chi connectivity index (χ1v) is 6.45. The molecule has 1 aliphatic rings. The van der Waals surface area contributed by atoms with Gasteiger partial charge in [0.15, 0.2) is 5.78 Å². The summed E-state index contributed by atoms with van der Waals surface area (Å²) < 4.78 is 5.30. The molecule has 1 aromatic carbocycles. The molecule has 1 aromatic heterocycles. The average molecular weight is 256 g/mol. The van der Waals surface area contributed by atoms with Gasteiger partial charge >= 0.3 is 0 Å². The number of carbonyl (C=O) groups excluding carboxylic acids is 1. The summed E-state index contributed by atoms with van der Waals surface area (Å²) >= 11 is 0. The quantitative estimate of drug-likeness (QED) is 0.834. The minimum absolute atomic E-state index is 0.00704. The Hall–Kier alpha value is -1.78. The lowest BCUT2D eigenvalue weighted by atomic mass is 9.82. The Labute approximate surface area is 111 Å². The first-order valence-electron chi connectivity index (χ1n) is 6.45. The van der Waals surface area contributed by atoms with Crippen molar-refractivity contribution in [1.82, 2.24) is 4.98 Å².